The molecule has 0 N–H and O–H groups in total. The Morgan fingerprint density at radius 1 is 1.17 bits per heavy atom. The Labute approximate surface area is 73.7 Å². The van der Waals surface area contributed by atoms with Gasteiger partial charge in [-0.3, -0.25) is 9.59 Å². The molecule has 0 rings (SSSR count). The van der Waals surface area contributed by atoms with E-state index in [1.54, 1.807) is 0 Å². The quantitative estimate of drug-likeness (QED) is 0.570. The number of hydrogen-bond donors (Lipinski definition) is 0. The van der Waals surface area contributed by atoms with Gasteiger partial charge in [-0.2, -0.15) is 0 Å². The molecule has 12 heavy (non-hydrogen) atoms. The molecule has 0 unspecified atom stereocenters. The molecule has 0 aliphatic heterocycles. The van der Waals surface area contributed by atoms with Gasteiger partial charge in [0.2, 0.25) is 0 Å². The lowest BCUT2D eigenvalue weighted by Gasteiger charge is -1.95. The van der Waals surface area contributed by atoms with Crippen molar-refractivity contribution < 1.29 is 9.59 Å². The molecule has 0 fully saturated rings. The molecule has 2 heteroatoms. The molecular weight excluding hydrogens is 152 g/mol. The Morgan fingerprint density at radius 2 is 1.75 bits per heavy atom. The first-order valence-electron chi connectivity index (χ1n) is 4.35. The molecule has 0 aromatic rings. The van der Waals surface area contributed by atoms with Crippen molar-refractivity contribution in [2.24, 2.45) is 0 Å². The molecule has 0 aliphatic rings. The van der Waals surface area contributed by atoms with Crippen molar-refractivity contribution in [3.05, 3.63) is 12.2 Å². The Bertz CT molecular complexity index is 180. The Balaban J connectivity index is 3.50. The van der Waals surface area contributed by atoms with E-state index in [2.05, 4.69) is 0 Å². The topological polar surface area (TPSA) is 34.1 Å². The lowest BCUT2D eigenvalue weighted by Crippen LogP contribution is -2.01. The first kappa shape index (κ1) is 11.1. The Hall–Kier alpha value is -0.920. The van der Waals surface area contributed by atoms with Crippen molar-refractivity contribution in [1.29, 1.82) is 0 Å². The molecule has 68 valence electrons. The van der Waals surface area contributed by atoms with Crippen LogP contribution in [0.4, 0.5) is 0 Å². The van der Waals surface area contributed by atoms with Gasteiger partial charge in [-0.05, 0) is 6.92 Å². The average Bonchev–Trinajstić information content (AvgIpc) is 2.10. The molecule has 0 bridgehead atoms. The third-order valence-electron chi connectivity index (χ3n) is 1.66. The highest BCUT2D eigenvalue weighted by molar-refractivity contribution is 5.86. The predicted molar refractivity (Wildman–Crippen MR) is 49.0 cm³/mol. The van der Waals surface area contributed by atoms with Gasteiger partial charge < -0.3 is 0 Å². The minimum absolute atomic E-state index is 0.148. The fraction of sp³-hybridized carbons (Fsp3) is 0.600. The summed E-state index contributed by atoms with van der Waals surface area (Å²) in [4.78, 5) is 21.8. The zero-order chi connectivity index (χ0) is 9.40. The molecule has 0 aromatic carbocycles. The molecule has 0 aromatic heterocycles. The van der Waals surface area contributed by atoms with Crippen molar-refractivity contribution in [2.45, 2.75) is 39.5 Å². The number of carbonyl (C=O) groups is 2. The molecule has 0 atom stereocenters. The van der Waals surface area contributed by atoms with E-state index >= 15 is 0 Å². The highest BCUT2D eigenvalue weighted by Crippen LogP contribution is 1.99. The molecule has 2 nitrogen and oxygen atoms in total. The number of allylic oxidation sites excluding steroid dienone is 2. The molecule has 0 saturated heterocycles. The SMILES string of the molecule is C/C=C/CC(=O)CCC(=O)CC. The number of carbonyl (C=O) groups excluding carboxylic acids is 2. The van der Waals surface area contributed by atoms with E-state index in [-0.39, 0.29) is 11.6 Å². The smallest absolute Gasteiger partial charge is 0.137 e. The van der Waals surface area contributed by atoms with Gasteiger partial charge in [0.15, 0.2) is 0 Å². The van der Waals surface area contributed by atoms with Crippen LogP contribution in [-0.4, -0.2) is 11.6 Å². The summed E-state index contributed by atoms with van der Waals surface area (Å²) in [5.41, 5.74) is 0. The van der Waals surface area contributed by atoms with Crippen molar-refractivity contribution >= 4 is 11.6 Å². The van der Waals surface area contributed by atoms with Crippen molar-refractivity contribution in [3.63, 3.8) is 0 Å². The van der Waals surface area contributed by atoms with E-state index in [0.29, 0.717) is 25.7 Å². The van der Waals surface area contributed by atoms with Crippen molar-refractivity contribution in [1.82, 2.24) is 0 Å². The van der Waals surface area contributed by atoms with Crippen LogP contribution >= 0.6 is 0 Å². The summed E-state index contributed by atoms with van der Waals surface area (Å²) in [5, 5.41) is 0. The molecule has 0 heterocycles. The van der Waals surface area contributed by atoms with Crippen LogP contribution in [0.3, 0.4) is 0 Å². The van der Waals surface area contributed by atoms with Crippen LogP contribution in [0.1, 0.15) is 39.5 Å². The number of Topliss-reactive ketones (excluding diaryl/α,β-unsaturated/α-hetero) is 2. The van der Waals surface area contributed by atoms with Crippen LogP contribution in [-0.2, 0) is 9.59 Å². The Morgan fingerprint density at radius 3 is 2.25 bits per heavy atom. The first-order valence-corrected chi connectivity index (χ1v) is 4.35. The Kier molecular flexibility index (Phi) is 6.25. The van der Waals surface area contributed by atoms with Crippen LogP contribution in [0, 0.1) is 0 Å². The van der Waals surface area contributed by atoms with Gasteiger partial charge in [-0.1, -0.05) is 19.1 Å². The third kappa shape index (κ3) is 5.83. The van der Waals surface area contributed by atoms with Gasteiger partial charge in [0.1, 0.15) is 11.6 Å². The summed E-state index contributed by atoms with van der Waals surface area (Å²) < 4.78 is 0. The van der Waals surface area contributed by atoms with Crippen LogP contribution < -0.4 is 0 Å². The van der Waals surface area contributed by atoms with E-state index in [0.717, 1.165) is 0 Å². The third-order valence-corrected chi connectivity index (χ3v) is 1.66. The maximum Gasteiger partial charge on any atom is 0.137 e. The zero-order valence-corrected chi connectivity index (χ0v) is 7.80. The first-order chi connectivity index (χ1) is 5.70. The lowest BCUT2D eigenvalue weighted by molar-refractivity contribution is -0.123. The number of ketones is 2. The van der Waals surface area contributed by atoms with Crippen LogP contribution in [0.2, 0.25) is 0 Å². The van der Waals surface area contributed by atoms with Gasteiger partial charge in [0.25, 0.3) is 0 Å². The van der Waals surface area contributed by atoms with Gasteiger partial charge in [0, 0.05) is 25.7 Å². The van der Waals surface area contributed by atoms with E-state index in [4.69, 9.17) is 0 Å². The monoisotopic (exact) mass is 168 g/mol. The van der Waals surface area contributed by atoms with Crippen LogP contribution in [0.5, 0.6) is 0 Å². The molecule has 0 amide bonds. The second kappa shape index (κ2) is 6.77. The molecule has 0 saturated carbocycles. The van der Waals surface area contributed by atoms with Gasteiger partial charge in [0.05, 0.1) is 0 Å². The summed E-state index contributed by atoms with van der Waals surface area (Å²) in [6.07, 6.45) is 5.48. The molecule has 0 aliphatic carbocycles. The second-order valence-electron chi connectivity index (χ2n) is 2.70. The summed E-state index contributed by atoms with van der Waals surface area (Å²) in [6.45, 7) is 3.70. The summed E-state index contributed by atoms with van der Waals surface area (Å²) >= 11 is 0. The van der Waals surface area contributed by atoms with Crippen LogP contribution in [0.25, 0.3) is 0 Å². The van der Waals surface area contributed by atoms with Crippen molar-refractivity contribution in [3.8, 4) is 0 Å². The highest BCUT2D eigenvalue weighted by atomic mass is 16.1. The largest absolute Gasteiger partial charge is 0.300 e. The van der Waals surface area contributed by atoms with E-state index < -0.39 is 0 Å². The molecular formula is C10H16O2. The normalized spacial score (nSPS) is 10.5. The minimum Gasteiger partial charge on any atom is -0.300 e. The zero-order valence-electron chi connectivity index (χ0n) is 7.80. The van der Waals surface area contributed by atoms with E-state index in [1.165, 1.54) is 0 Å². The lowest BCUT2D eigenvalue weighted by atomic mass is 10.1. The summed E-state index contributed by atoms with van der Waals surface area (Å²) in [5.74, 6) is 0.318. The second-order valence-corrected chi connectivity index (χ2v) is 2.70. The van der Waals surface area contributed by atoms with E-state index in [1.807, 2.05) is 26.0 Å². The summed E-state index contributed by atoms with van der Waals surface area (Å²) in [7, 11) is 0. The van der Waals surface area contributed by atoms with Gasteiger partial charge in [-0.25, -0.2) is 0 Å². The van der Waals surface area contributed by atoms with E-state index in [9.17, 15) is 9.59 Å². The molecule has 0 spiro atoms. The molecule has 0 radical (unpaired) electrons. The highest BCUT2D eigenvalue weighted by Gasteiger charge is 2.02. The fourth-order valence-corrected chi connectivity index (χ4v) is 0.807. The fourth-order valence-electron chi connectivity index (χ4n) is 0.807. The van der Waals surface area contributed by atoms with Crippen molar-refractivity contribution in [2.75, 3.05) is 0 Å². The van der Waals surface area contributed by atoms with Gasteiger partial charge >= 0.3 is 0 Å². The predicted octanol–water partition coefficient (Wildman–Crippen LogP) is 2.28. The standard InChI is InChI=1S/C10H16O2/c1-3-5-6-10(12)8-7-9(11)4-2/h3,5H,4,6-8H2,1-2H3/b5-3+. The number of rotatable bonds is 6. The minimum atomic E-state index is 0.148. The van der Waals surface area contributed by atoms with Crippen LogP contribution in [0.15, 0.2) is 12.2 Å². The maximum absolute atomic E-state index is 11.0. The average molecular weight is 168 g/mol. The maximum atomic E-state index is 11.0. The number of hydrogen-bond acceptors (Lipinski definition) is 2. The van der Waals surface area contributed by atoms with Gasteiger partial charge in [-0.15, -0.1) is 0 Å². The summed E-state index contributed by atoms with van der Waals surface area (Å²) in [6, 6.07) is 0.